The number of halogens is 2. The lowest BCUT2D eigenvalue weighted by Gasteiger charge is -2.34. The molecule has 1 saturated heterocycles. The highest BCUT2D eigenvalue weighted by molar-refractivity contribution is 5.96. The van der Waals surface area contributed by atoms with Gasteiger partial charge in [-0.1, -0.05) is 13.8 Å². The quantitative estimate of drug-likeness (QED) is 0.586. The van der Waals surface area contributed by atoms with Gasteiger partial charge < -0.3 is 9.47 Å². The van der Waals surface area contributed by atoms with Gasteiger partial charge in [-0.05, 0) is 31.4 Å². The maximum absolute atomic E-state index is 13.5. The molecule has 122 valence electrons. The smallest absolute Gasteiger partial charge is 0.165 e. The zero-order valence-electron chi connectivity index (χ0n) is 13.0. The zero-order chi connectivity index (χ0) is 16.2. The highest BCUT2D eigenvalue weighted by atomic mass is 19.1. The van der Waals surface area contributed by atoms with Crippen LogP contribution in [-0.4, -0.2) is 25.3 Å². The molecule has 1 aliphatic heterocycles. The van der Waals surface area contributed by atoms with Crippen LogP contribution in [0.25, 0.3) is 0 Å². The number of carbonyl (C=O) groups excluding carboxylic acids is 1. The number of unbranched alkanes of at least 4 members (excludes halogenated alkanes) is 1. The molecule has 5 heteroatoms. The summed E-state index contributed by atoms with van der Waals surface area (Å²) in [7, 11) is 0. The third-order valence-corrected chi connectivity index (χ3v) is 3.65. The van der Waals surface area contributed by atoms with Gasteiger partial charge in [0.1, 0.15) is 11.6 Å². The van der Waals surface area contributed by atoms with Crippen molar-refractivity contribution in [2.75, 3.05) is 13.2 Å². The lowest BCUT2D eigenvalue weighted by molar-refractivity contribution is -0.224. The van der Waals surface area contributed by atoms with E-state index < -0.39 is 11.6 Å². The van der Waals surface area contributed by atoms with Crippen LogP contribution in [0.1, 0.15) is 49.9 Å². The fraction of sp³-hybridized carbons (Fsp3) is 0.588. The SMILES string of the molecule is CC1(C)COC(CCCCC(=O)c2ccc(F)cc2F)OC1. The van der Waals surface area contributed by atoms with Crippen LogP contribution in [0.5, 0.6) is 0 Å². The van der Waals surface area contributed by atoms with E-state index in [2.05, 4.69) is 13.8 Å². The van der Waals surface area contributed by atoms with E-state index in [0.29, 0.717) is 19.6 Å². The van der Waals surface area contributed by atoms with Gasteiger partial charge in [-0.2, -0.15) is 0 Å². The second-order valence-corrected chi connectivity index (χ2v) is 6.51. The van der Waals surface area contributed by atoms with Crippen molar-refractivity contribution in [3.63, 3.8) is 0 Å². The molecule has 0 radical (unpaired) electrons. The standard InChI is InChI=1S/C17H22F2O3/c1-17(2)10-21-16(22-11-17)6-4-3-5-15(20)13-8-7-12(18)9-14(13)19/h7-9,16H,3-6,10-11H2,1-2H3. The van der Waals surface area contributed by atoms with Crippen LogP contribution < -0.4 is 0 Å². The summed E-state index contributed by atoms with van der Waals surface area (Å²) < 4.78 is 37.5. The van der Waals surface area contributed by atoms with Crippen molar-refractivity contribution in [1.82, 2.24) is 0 Å². The lowest BCUT2D eigenvalue weighted by atomic mass is 9.95. The normalized spacial score (nSPS) is 18.4. The van der Waals surface area contributed by atoms with E-state index in [1.165, 1.54) is 6.07 Å². The summed E-state index contributed by atoms with van der Waals surface area (Å²) in [4.78, 5) is 11.9. The van der Waals surface area contributed by atoms with E-state index in [1.807, 2.05) is 0 Å². The van der Waals surface area contributed by atoms with Gasteiger partial charge >= 0.3 is 0 Å². The first-order valence-electron chi connectivity index (χ1n) is 7.59. The van der Waals surface area contributed by atoms with Crippen molar-refractivity contribution in [2.24, 2.45) is 5.41 Å². The monoisotopic (exact) mass is 312 g/mol. The molecule has 1 aromatic rings. The number of carbonyl (C=O) groups is 1. The minimum atomic E-state index is -0.800. The number of ether oxygens (including phenoxy) is 2. The number of ketones is 1. The Hall–Kier alpha value is -1.33. The van der Waals surface area contributed by atoms with E-state index in [9.17, 15) is 13.6 Å². The molecular weight excluding hydrogens is 290 g/mol. The Balaban J connectivity index is 1.69. The van der Waals surface area contributed by atoms with E-state index in [0.717, 1.165) is 25.0 Å². The van der Waals surface area contributed by atoms with Crippen LogP contribution in [-0.2, 0) is 9.47 Å². The summed E-state index contributed by atoms with van der Waals surface area (Å²) in [6.07, 6.45) is 2.13. The Morgan fingerprint density at radius 2 is 1.91 bits per heavy atom. The van der Waals surface area contributed by atoms with Gasteiger partial charge in [0.05, 0.1) is 18.8 Å². The maximum Gasteiger partial charge on any atom is 0.165 e. The Kier molecular flexibility index (Phi) is 5.64. The van der Waals surface area contributed by atoms with E-state index in [4.69, 9.17) is 9.47 Å². The molecule has 0 aromatic heterocycles. The van der Waals surface area contributed by atoms with Crippen molar-refractivity contribution in [3.8, 4) is 0 Å². The van der Waals surface area contributed by atoms with Gasteiger partial charge in [0.2, 0.25) is 0 Å². The summed E-state index contributed by atoms with van der Waals surface area (Å²) in [5.74, 6) is -1.78. The molecule has 0 saturated carbocycles. The van der Waals surface area contributed by atoms with Gasteiger partial charge in [-0.15, -0.1) is 0 Å². The van der Waals surface area contributed by atoms with Crippen molar-refractivity contribution in [3.05, 3.63) is 35.4 Å². The highest BCUT2D eigenvalue weighted by Gasteiger charge is 2.27. The van der Waals surface area contributed by atoms with E-state index in [-0.39, 0.29) is 29.5 Å². The molecule has 1 aromatic carbocycles. The summed E-state index contributed by atoms with van der Waals surface area (Å²) in [6.45, 7) is 5.49. The fourth-order valence-corrected chi connectivity index (χ4v) is 2.34. The minimum absolute atomic E-state index is 0.0479. The van der Waals surface area contributed by atoms with Gasteiger partial charge in [-0.3, -0.25) is 4.79 Å². The first-order chi connectivity index (χ1) is 10.4. The average molecular weight is 312 g/mol. The lowest BCUT2D eigenvalue weighted by Crippen LogP contribution is -2.37. The van der Waals surface area contributed by atoms with Gasteiger partial charge in [0, 0.05) is 17.9 Å². The number of Topliss-reactive ketones (excluding diaryl/α,β-unsaturated/α-hetero) is 1. The Morgan fingerprint density at radius 3 is 2.55 bits per heavy atom. The third-order valence-electron chi connectivity index (χ3n) is 3.65. The van der Waals surface area contributed by atoms with Crippen LogP contribution in [0.4, 0.5) is 8.78 Å². The fourth-order valence-electron chi connectivity index (χ4n) is 2.34. The highest BCUT2D eigenvalue weighted by Crippen LogP contribution is 2.25. The third kappa shape index (κ3) is 4.85. The summed E-state index contributed by atoms with van der Waals surface area (Å²) >= 11 is 0. The van der Waals surface area contributed by atoms with E-state index >= 15 is 0 Å². The molecule has 1 aliphatic rings. The average Bonchev–Trinajstić information content (AvgIpc) is 2.44. The maximum atomic E-state index is 13.5. The van der Waals surface area contributed by atoms with Crippen LogP contribution in [0.15, 0.2) is 18.2 Å². The molecule has 1 heterocycles. The Bertz CT molecular complexity index is 519. The molecule has 0 amide bonds. The molecule has 0 aliphatic carbocycles. The zero-order valence-corrected chi connectivity index (χ0v) is 13.0. The summed E-state index contributed by atoms with van der Waals surface area (Å²) in [5.41, 5.74) is 0.000335. The van der Waals surface area contributed by atoms with Crippen molar-refractivity contribution in [1.29, 1.82) is 0 Å². The number of benzene rings is 1. The van der Waals surface area contributed by atoms with Crippen LogP contribution in [0.3, 0.4) is 0 Å². The molecular formula is C17H22F2O3. The van der Waals surface area contributed by atoms with Crippen LogP contribution in [0.2, 0.25) is 0 Å². The largest absolute Gasteiger partial charge is 0.352 e. The molecule has 2 rings (SSSR count). The molecule has 22 heavy (non-hydrogen) atoms. The first-order valence-corrected chi connectivity index (χ1v) is 7.59. The molecule has 0 atom stereocenters. The number of rotatable bonds is 6. The molecule has 3 nitrogen and oxygen atoms in total. The molecule has 0 unspecified atom stereocenters. The summed E-state index contributed by atoms with van der Waals surface area (Å²) in [5, 5.41) is 0. The summed E-state index contributed by atoms with van der Waals surface area (Å²) in [6, 6.07) is 3.03. The molecule has 0 bridgehead atoms. The first kappa shape index (κ1) is 17.0. The van der Waals surface area contributed by atoms with Gasteiger partial charge in [-0.25, -0.2) is 8.78 Å². The number of hydrogen-bond donors (Lipinski definition) is 0. The van der Waals surface area contributed by atoms with Gasteiger partial charge in [0.15, 0.2) is 12.1 Å². The van der Waals surface area contributed by atoms with Crippen molar-refractivity contribution in [2.45, 2.75) is 45.8 Å². The topological polar surface area (TPSA) is 35.5 Å². The van der Waals surface area contributed by atoms with Crippen LogP contribution in [0, 0.1) is 17.0 Å². The van der Waals surface area contributed by atoms with Gasteiger partial charge in [0.25, 0.3) is 0 Å². The molecule has 0 spiro atoms. The van der Waals surface area contributed by atoms with Crippen molar-refractivity contribution >= 4 is 5.78 Å². The predicted octanol–water partition coefficient (Wildman–Crippen LogP) is 4.11. The second-order valence-electron chi connectivity index (χ2n) is 6.51. The Morgan fingerprint density at radius 1 is 1.23 bits per heavy atom. The van der Waals surface area contributed by atoms with E-state index in [1.54, 1.807) is 0 Å². The van der Waals surface area contributed by atoms with Crippen molar-refractivity contribution < 1.29 is 23.0 Å². The number of hydrogen-bond acceptors (Lipinski definition) is 3. The molecule has 0 N–H and O–H groups in total. The second kappa shape index (κ2) is 7.29. The Labute approximate surface area is 129 Å². The molecule has 1 fully saturated rings. The predicted molar refractivity (Wildman–Crippen MR) is 78.6 cm³/mol. The minimum Gasteiger partial charge on any atom is -0.352 e. The van der Waals surface area contributed by atoms with Crippen LogP contribution >= 0.6 is 0 Å².